The van der Waals surface area contributed by atoms with Crippen LogP contribution in [0.4, 0.5) is 0 Å². The summed E-state index contributed by atoms with van der Waals surface area (Å²) in [5.74, 6) is -2.58. The molecular formula is C24H47N6O12S2+. The summed E-state index contributed by atoms with van der Waals surface area (Å²) >= 11 is 0. The van der Waals surface area contributed by atoms with E-state index in [1.165, 1.54) is 0 Å². The van der Waals surface area contributed by atoms with Crippen molar-refractivity contribution >= 4 is 38.0 Å². The fourth-order valence-electron chi connectivity index (χ4n) is 3.25. The molecule has 0 aliphatic carbocycles. The Hall–Kier alpha value is -2.58. The van der Waals surface area contributed by atoms with E-state index in [4.69, 9.17) is 28.8 Å². The van der Waals surface area contributed by atoms with Gasteiger partial charge in [-0.05, 0) is 20.3 Å². The highest BCUT2D eigenvalue weighted by atomic mass is 32.2. The molecule has 0 bridgehead atoms. The maximum Gasteiger partial charge on any atom is 0.266 e. The molecular weight excluding hydrogens is 628 g/mol. The molecule has 44 heavy (non-hydrogen) atoms. The van der Waals surface area contributed by atoms with Gasteiger partial charge >= 0.3 is 0 Å². The molecule has 0 aliphatic heterocycles. The van der Waals surface area contributed by atoms with Gasteiger partial charge in [-0.25, -0.2) is 0 Å². The van der Waals surface area contributed by atoms with E-state index >= 15 is 0 Å². The quantitative estimate of drug-likeness (QED) is 0.0308. The Morgan fingerprint density at radius 2 is 1.32 bits per heavy atom. The van der Waals surface area contributed by atoms with Crippen LogP contribution in [-0.4, -0.2) is 119 Å². The number of hydrogen-bond donors (Lipinski definition) is 6. The van der Waals surface area contributed by atoms with E-state index in [-0.39, 0.29) is 64.9 Å². The molecule has 0 fully saturated rings. The molecule has 256 valence electrons. The van der Waals surface area contributed by atoms with Crippen LogP contribution in [0.5, 0.6) is 0 Å². The zero-order chi connectivity index (χ0) is 33.9. The minimum absolute atomic E-state index is 0.0608. The minimum atomic E-state index is -4.21. The Kier molecular flexibility index (Phi) is 19.3. The average Bonchev–Trinajstić information content (AvgIpc) is 2.87. The average molecular weight is 676 g/mol. The van der Waals surface area contributed by atoms with Crippen LogP contribution in [0.1, 0.15) is 53.4 Å². The predicted molar refractivity (Wildman–Crippen MR) is 157 cm³/mol. The highest BCUT2D eigenvalue weighted by Gasteiger charge is 2.30. The van der Waals surface area contributed by atoms with Gasteiger partial charge in [0.25, 0.3) is 20.2 Å². The van der Waals surface area contributed by atoms with Gasteiger partial charge in [-0.3, -0.25) is 23.5 Å². The van der Waals surface area contributed by atoms with Crippen molar-refractivity contribution in [2.45, 2.75) is 65.0 Å². The van der Waals surface area contributed by atoms with E-state index in [1.54, 1.807) is 13.8 Å². The van der Waals surface area contributed by atoms with Crippen LogP contribution < -0.4 is 20.9 Å². The molecule has 0 saturated heterocycles. The molecule has 0 saturated carbocycles. The molecule has 0 atom stereocenters. The number of carbonyl (C=O) groups excluding carboxylic acids is 3. The summed E-state index contributed by atoms with van der Waals surface area (Å²) in [5.41, 5.74) is 5.33. The van der Waals surface area contributed by atoms with Crippen molar-refractivity contribution in [2.24, 2.45) is 10.5 Å². The number of nitrogens with zero attached hydrogens (tertiary/aromatic N) is 2. The lowest BCUT2D eigenvalue weighted by molar-refractivity contribution is -0.133. The summed E-state index contributed by atoms with van der Waals surface area (Å²) in [7, 11) is -8.41. The molecule has 0 rings (SSSR count). The number of nitrogens with one attached hydrogen (secondary N) is 4. The van der Waals surface area contributed by atoms with E-state index < -0.39 is 60.6 Å². The van der Waals surface area contributed by atoms with Crippen molar-refractivity contribution in [3.8, 4) is 0 Å². The summed E-state index contributed by atoms with van der Waals surface area (Å²) < 4.78 is 77.4. The van der Waals surface area contributed by atoms with E-state index in [2.05, 4.69) is 26.0 Å². The third-order valence-electron chi connectivity index (χ3n) is 6.00. The van der Waals surface area contributed by atoms with Crippen LogP contribution >= 0.6 is 0 Å². The van der Waals surface area contributed by atoms with Crippen LogP contribution in [0, 0.1) is 10.9 Å². The van der Waals surface area contributed by atoms with Crippen molar-refractivity contribution in [3.05, 3.63) is 0 Å². The van der Waals surface area contributed by atoms with Crippen LogP contribution in [0.15, 0.2) is 5.11 Å². The van der Waals surface area contributed by atoms with Crippen molar-refractivity contribution < 1.29 is 54.5 Å². The van der Waals surface area contributed by atoms with E-state index in [0.717, 1.165) is 0 Å². The van der Waals surface area contributed by atoms with Gasteiger partial charge in [0.1, 0.15) is 17.2 Å². The Bertz CT molecular complexity index is 1110. The SMILES string of the molecule is CC(C)(CCN=[N+]=N)OCCC(C)(C)C(=O)NC(COCCC(=O)NCCS(=O)(=O)O)COCCC(=O)NCCS(=O)(=O)O. The predicted octanol–water partition coefficient (Wildman–Crippen LogP) is -0.555. The van der Waals surface area contributed by atoms with Gasteiger partial charge in [-0.2, -0.15) is 16.8 Å². The van der Waals surface area contributed by atoms with Crippen LogP contribution in [0.25, 0.3) is 0 Å². The van der Waals surface area contributed by atoms with Crippen LogP contribution in [-0.2, 0) is 48.8 Å². The molecule has 0 aromatic carbocycles. The van der Waals surface area contributed by atoms with Gasteiger partial charge in [0, 0.05) is 44.4 Å². The molecule has 0 aromatic rings. The third kappa shape index (κ3) is 23.8. The van der Waals surface area contributed by atoms with Crippen molar-refractivity contribution in [1.82, 2.24) is 20.9 Å². The third-order valence-corrected chi connectivity index (χ3v) is 7.44. The summed E-state index contributed by atoms with van der Waals surface area (Å²) in [4.78, 5) is 39.8. The van der Waals surface area contributed by atoms with Gasteiger partial charge < -0.3 is 30.2 Å². The first kappa shape index (κ1) is 41.4. The molecule has 3 amide bonds. The van der Waals surface area contributed by atoms with Crippen LogP contribution in [0.2, 0.25) is 0 Å². The molecule has 0 spiro atoms. The zero-order valence-corrected chi connectivity index (χ0v) is 27.3. The molecule has 0 radical (unpaired) electrons. The molecule has 0 aliphatic rings. The lowest BCUT2D eigenvalue weighted by Crippen LogP contribution is -2.47. The van der Waals surface area contributed by atoms with Crippen molar-refractivity contribution in [3.63, 3.8) is 0 Å². The van der Waals surface area contributed by atoms with Gasteiger partial charge in [0.15, 0.2) is 0 Å². The summed E-state index contributed by atoms with van der Waals surface area (Å²) in [6, 6.07) is -0.681. The fourth-order valence-corrected chi connectivity index (χ4v) is 3.97. The number of hydrogen-bond acceptors (Lipinski definition) is 12. The summed E-state index contributed by atoms with van der Waals surface area (Å²) in [5, 5.41) is 11.1. The molecule has 0 heterocycles. The second-order valence-electron chi connectivity index (χ2n) is 11.0. The lowest BCUT2D eigenvalue weighted by atomic mass is 9.88. The first-order chi connectivity index (χ1) is 20.3. The second kappa shape index (κ2) is 20.5. The summed E-state index contributed by atoms with van der Waals surface area (Å²) in [6.07, 6.45) is 0.678. The molecule has 0 unspecified atom stereocenters. The largest absolute Gasteiger partial charge is 0.379 e. The molecule has 0 aromatic heterocycles. The Morgan fingerprint density at radius 3 is 1.75 bits per heavy atom. The molecule has 18 nitrogen and oxygen atoms in total. The first-order valence-corrected chi connectivity index (χ1v) is 17.1. The smallest absolute Gasteiger partial charge is 0.266 e. The number of amides is 3. The Labute approximate surface area is 258 Å². The van der Waals surface area contributed by atoms with E-state index in [1.807, 2.05) is 13.8 Å². The normalized spacial score (nSPS) is 12.4. The van der Waals surface area contributed by atoms with Gasteiger partial charge in [-0.15, -0.1) is 0 Å². The highest BCUT2D eigenvalue weighted by Crippen LogP contribution is 2.23. The Morgan fingerprint density at radius 1 is 0.841 bits per heavy atom. The lowest BCUT2D eigenvalue weighted by Gasteiger charge is -2.30. The maximum atomic E-state index is 13.1. The summed E-state index contributed by atoms with van der Waals surface area (Å²) in [6.45, 7) is 7.03. The molecule has 6 N–H and O–H groups in total. The standard InChI is InChI=1S/C24H46N6O12S2/c1-23(2,8-14-42-24(3,4)7-9-28-30-25)22(33)29-19(17-40-12-5-20(31)26-10-15-43(34,35)36)18-41-13-6-21(32)27-11-16-44(37,38)39/h19,25H,5-18H2,1-4H3,(H4-,26,27,29,31,32,33,34,35,36,37,38,39)/p+1. The maximum absolute atomic E-state index is 13.1. The van der Waals surface area contributed by atoms with Gasteiger partial charge in [-0.1, -0.05) is 13.8 Å². The number of ether oxygens (including phenoxy) is 3. The van der Waals surface area contributed by atoms with E-state index in [0.29, 0.717) is 19.4 Å². The zero-order valence-electron chi connectivity index (χ0n) is 25.7. The van der Waals surface area contributed by atoms with Gasteiger partial charge in [0.05, 0.1) is 49.6 Å². The number of rotatable bonds is 25. The Balaban J connectivity index is 4.94. The fraction of sp³-hybridized carbons (Fsp3) is 0.875. The first-order valence-electron chi connectivity index (χ1n) is 13.8. The minimum Gasteiger partial charge on any atom is -0.379 e. The monoisotopic (exact) mass is 675 g/mol. The van der Waals surface area contributed by atoms with E-state index in [9.17, 15) is 31.2 Å². The topological polar surface area (TPSA) is 274 Å². The van der Waals surface area contributed by atoms with Gasteiger partial charge in [0.2, 0.25) is 22.6 Å². The van der Waals surface area contributed by atoms with Crippen molar-refractivity contribution in [1.29, 1.82) is 5.53 Å². The van der Waals surface area contributed by atoms with Crippen LogP contribution in [0.3, 0.4) is 0 Å². The van der Waals surface area contributed by atoms with Crippen molar-refractivity contribution in [2.75, 3.05) is 64.2 Å². The second-order valence-corrected chi connectivity index (χ2v) is 14.2. The number of carbonyl (C=O) groups is 3. The highest BCUT2D eigenvalue weighted by molar-refractivity contribution is 7.86. The molecule has 20 heteroatoms.